The van der Waals surface area contributed by atoms with Crippen molar-refractivity contribution >= 4 is 22.4 Å². The Hall–Kier alpha value is -3.06. The zero-order valence-electron chi connectivity index (χ0n) is 11.5. The molecule has 0 spiro atoms. The van der Waals surface area contributed by atoms with Crippen LogP contribution in [0.15, 0.2) is 42.6 Å². The van der Waals surface area contributed by atoms with E-state index in [1.165, 1.54) is 0 Å². The lowest BCUT2D eigenvalue weighted by Crippen LogP contribution is -2.02. The Labute approximate surface area is 121 Å². The van der Waals surface area contributed by atoms with Crippen LogP contribution in [0, 0.1) is 18.3 Å². The standard InChI is InChI=1S/C17H13N3O/c1-10-2-4-12(7-15(10)19)17(21)14-9-20-16-6-11(8-18)3-5-13(14)16/h2-7,9,20H,19H2,1H3. The monoisotopic (exact) mass is 275 g/mol. The van der Waals surface area contributed by atoms with E-state index in [4.69, 9.17) is 11.0 Å². The van der Waals surface area contributed by atoms with Crippen LogP contribution in [0.25, 0.3) is 10.9 Å². The molecule has 2 aromatic carbocycles. The van der Waals surface area contributed by atoms with E-state index < -0.39 is 0 Å². The van der Waals surface area contributed by atoms with E-state index in [1.54, 1.807) is 36.5 Å². The maximum Gasteiger partial charge on any atom is 0.195 e. The molecule has 0 saturated heterocycles. The highest BCUT2D eigenvalue weighted by atomic mass is 16.1. The maximum atomic E-state index is 12.6. The van der Waals surface area contributed by atoms with Crippen molar-refractivity contribution in [1.82, 2.24) is 4.98 Å². The Bertz CT molecular complexity index is 900. The van der Waals surface area contributed by atoms with Crippen molar-refractivity contribution in [2.75, 3.05) is 5.73 Å². The van der Waals surface area contributed by atoms with Gasteiger partial charge in [0, 0.05) is 33.9 Å². The van der Waals surface area contributed by atoms with Crippen molar-refractivity contribution in [1.29, 1.82) is 5.26 Å². The lowest BCUT2D eigenvalue weighted by Gasteiger charge is -2.04. The molecule has 0 aliphatic rings. The van der Waals surface area contributed by atoms with Crippen LogP contribution in [0.3, 0.4) is 0 Å². The van der Waals surface area contributed by atoms with E-state index in [-0.39, 0.29) is 5.78 Å². The molecule has 0 unspecified atom stereocenters. The van der Waals surface area contributed by atoms with Crippen molar-refractivity contribution in [3.8, 4) is 6.07 Å². The number of fused-ring (bicyclic) bond motifs is 1. The van der Waals surface area contributed by atoms with Gasteiger partial charge in [-0.2, -0.15) is 5.26 Å². The number of ketones is 1. The van der Waals surface area contributed by atoms with Gasteiger partial charge in [-0.15, -0.1) is 0 Å². The summed E-state index contributed by atoms with van der Waals surface area (Å²) in [4.78, 5) is 15.6. The predicted molar refractivity (Wildman–Crippen MR) is 82.0 cm³/mol. The molecule has 0 amide bonds. The quantitative estimate of drug-likeness (QED) is 0.556. The van der Waals surface area contributed by atoms with E-state index in [9.17, 15) is 4.79 Å². The van der Waals surface area contributed by atoms with Crippen LogP contribution in [-0.2, 0) is 0 Å². The molecular weight excluding hydrogens is 262 g/mol. The van der Waals surface area contributed by atoms with E-state index in [0.29, 0.717) is 22.4 Å². The molecule has 1 heterocycles. The molecule has 4 nitrogen and oxygen atoms in total. The molecule has 1 aromatic heterocycles. The summed E-state index contributed by atoms with van der Waals surface area (Å²) >= 11 is 0. The van der Waals surface area contributed by atoms with Gasteiger partial charge in [-0.25, -0.2) is 0 Å². The molecule has 0 atom stereocenters. The summed E-state index contributed by atoms with van der Waals surface area (Å²) in [5.41, 5.74) is 9.89. The van der Waals surface area contributed by atoms with Gasteiger partial charge >= 0.3 is 0 Å². The zero-order valence-corrected chi connectivity index (χ0v) is 11.5. The van der Waals surface area contributed by atoms with Crippen molar-refractivity contribution in [3.05, 3.63) is 64.8 Å². The minimum Gasteiger partial charge on any atom is -0.398 e. The summed E-state index contributed by atoms with van der Waals surface area (Å²) in [6.45, 7) is 1.90. The fourth-order valence-electron chi connectivity index (χ4n) is 2.32. The molecule has 0 bridgehead atoms. The Balaban J connectivity index is 2.09. The van der Waals surface area contributed by atoms with Gasteiger partial charge in [0.2, 0.25) is 0 Å². The van der Waals surface area contributed by atoms with Gasteiger partial charge in [0.15, 0.2) is 5.78 Å². The molecule has 3 N–H and O–H groups in total. The third kappa shape index (κ3) is 2.15. The molecule has 0 radical (unpaired) electrons. The van der Waals surface area contributed by atoms with Crippen LogP contribution in [0.1, 0.15) is 27.0 Å². The number of anilines is 1. The first-order chi connectivity index (χ1) is 10.1. The molecule has 102 valence electrons. The van der Waals surface area contributed by atoms with Crippen LogP contribution >= 0.6 is 0 Å². The summed E-state index contributed by atoms with van der Waals surface area (Å²) < 4.78 is 0. The van der Waals surface area contributed by atoms with Crippen molar-refractivity contribution in [3.63, 3.8) is 0 Å². The number of hydrogen-bond acceptors (Lipinski definition) is 3. The van der Waals surface area contributed by atoms with E-state index in [0.717, 1.165) is 16.5 Å². The highest BCUT2D eigenvalue weighted by molar-refractivity contribution is 6.16. The summed E-state index contributed by atoms with van der Waals surface area (Å²) in [5.74, 6) is -0.0855. The molecule has 0 saturated carbocycles. The Morgan fingerprint density at radius 2 is 2.05 bits per heavy atom. The van der Waals surface area contributed by atoms with E-state index in [2.05, 4.69) is 11.1 Å². The minimum atomic E-state index is -0.0855. The maximum absolute atomic E-state index is 12.6. The predicted octanol–water partition coefficient (Wildman–Crippen LogP) is 3.16. The third-order valence-corrected chi connectivity index (χ3v) is 3.60. The minimum absolute atomic E-state index is 0.0855. The summed E-state index contributed by atoms with van der Waals surface area (Å²) in [6.07, 6.45) is 1.67. The van der Waals surface area contributed by atoms with Crippen LogP contribution in [0.5, 0.6) is 0 Å². The molecule has 3 rings (SSSR count). The molecular formula is C17H13N3O. The lowest BCUT2D eigenvalue weighted by atomic mass is 10.0. The number of aromatic amines is 1. The van der Waals surface area contributed by atoms with Gasteiger partial charge in [-0.1, -0.05) is 18.2 Å². The fraction of sp³-hybridized carbons (Fsp3) is 0.0588. The van der Waals surface area contributed by atoms with Crippen LogP contribution in [0.2, 0.25) is 0 Å². The van der Waals surface area contributed by atoms with Gasteiger partial charge in [0.1, 0.15) is 0 Å². The molecule has 4 heteroatoms. The number of benzene rings is 2. The topological polar surface area (TPSA) is 82.7 Å². The Morgan fingerprint density at radius 3 is 2.76 bits per heavy atom. The normalized spacial score (nSPS) is 10.5. The number of nitrogens with one attached hydrogen (secondary N) is 1. The number of nitrogens with two attached hydrogens (primary N) is 1. The lowest BCUT2D eigenvalue weighted by molar-refractivity contribution is 0.104. The number of nitriles is 1. The van der Waals surface area contributed by atoms with Gasteiger partial charge in [0.05, 0.1) is 11.6 Å². The number of carbonyl (C=O) groups excluding carboxylic acids is 1. The number of aromatic nitrogens is 1. The number of carbonyl (C=O) groups is 1. The van der Waals surface area contributed by atoms with E-state index in [1.807, 2.05) is 13.0 Å². The van der Waals surface area contributed by atoms with E-state index >= 15 is 0 Å². The number of hydrogen-bond donors (Lipinski definition) is 2. The molecule has 21 heavy (non-hydrogen) atoms. The number of nitrogen functional groups attached to an aromatic ring is 1. The van der Waals surface area contributed by atoms with Gasteiger partial charge < -0.3 is 10.7 Å². The SMILES string of the molecule is Cc1ccc(C(=O)c2c[nH]c3cc(C#N)ccc23)cc1N. The van der Waals surface area contributed by atoms with Gasteiger partial charge in [-0.3, -0.25) is 4.79 Å². The van der Waals surface area contributed by atoms with Gasteiger partial charge in [0.25, 0.3) is 0 Å². The van der Waals surface area contributed by atoms with Crippen LogP contribution < -0.4 is 5.73 Å². The van der Waals surface area contributed by atoms with Gasteiger partial charge in [-0.05, 0) is 30.7 Å². The smallest absolute Gasteiger partial charge is 0.195 e. The first kappa shape index (κ1) is 12.9. The average molecular weight is 275 g/mol. The number of rotatable bonds is 2. The second kappa shape index (κ2) is 4.80. The molecule has 0 aliphatic heterocycles. The summed E-state index contributed by atoms with van der Waals surface area (Å²) in [6, 6.07) is 12.6. The number of nitrogens with zero attached hydrogens (tertiary/aromatic N) is 1. The molecule has 3 aromatic rings. The zero-order chi connectivity index (χ0) is 15.0. The largest absolute Gasteiger partial charge is 0.398 e. The van der Waals surface area contributed by atoms with Crippen LogP contribution in [0.4, 0.5) is 5.69 Å². The van der Waals surface area contributed by atoms with Crippen LogP contribution in [-0.4, -0.2) is 10.8 Å². The number of H-pyrrole nitrogens is 1. The third-order valence-electron chi connectivity index (χ3n) is 3.60. The molecule has 0 aliphatic carbocycles. The van der Waals surface area contributed by atoms with Crippen molar-refractivity contribution in [2.24, 2.45) is 0 Å². The fourth-order valence-corrected chi connectivity index (χ4v) is 2.32. The second-order valence-electron chi connectivity index (χ2n) is 4.98. The highest BCUT2D eigenvalue weighted by Crippen LogP contribution is 2.23. The Kier molecular flexibility index (Phi) is 2.96. The van der Waals surface area contributed by atoms with Crippen molar-refractivity contribution < 1.29 is 4.79 Å². The van der Waals surface area contributed by atoms with Crippen molar-refractivity contribution in [2.45, 2.75) is 6.92 Å². The molecule has 0 fully saturated rings. The average Bonchev–Trinajstić information content (AvgIpc) is 2.92. The second-order valence-corrected chi connectivity index (χ2v) is 4.98. The number of aryl methyl sites for hydroxylation is 1. The summed E-state index contributed by atoms with van der Waals surface area (Å²) in [5, 5.41) is 9.71. The Morgan fingerprint density at radius 1 is 1.24 bits per heavy atom. The highest BCUT2D eigenvalue weighted by Gasteiger charge is 2.15. The summed E-state index contributed by atoms with van der Waals surface area (Å²) in [7, 11) is 0. The first-order valence-electron chi connectivity index (χ1n) is 6.52. The first-order valence-corrected chi connectivity index (χ1v) is 6.52.